The number of hydrogen-bond donors (Lipinski definition) is 2. The van der Waals surface area contributed by atoms with Crippen molar-refractivity contribution < 1.29 is 10.2 Å². The third-order valence-electron chi connectivity index (χ3n) is 2.34. The molecule has 5 heteroatoms. The van der Waals surface area contributed by atoms with Gasteiger partial charge in [-0.3, -0.25) is 0 Å². The first-order valence-electron chi connectivity index (χ1n) is 4.51. The topological polar surface area (TPSA) is 71.2 Å². The van der Waals surface area contributed by atoms with Crippen molar-refractivity contribution in [3.8, 4) is 0 Å². The number of fused-ring (bicyclic) bond motifs is 1. The van der Waals surface area contributed by atoms with Gasteiger partial charge in [0.2, 0.25) is 0 Å². The Bertz CT molecular complexity index is 284. The first-order valence-corrected chi connectivity index (χ1v) is 4.51. The van der Waals surface area contributed by atoms with Gasteiger partial charge in [0.25, 0.3) is 0 Å². The zero-order chi connectivity index (χ0) is 9.26. The highest BCUT2D eigenvalue weighted by molar-refractivity contribution is 5.00. The summed E-state index contributed by atoms with van der Waals surface area (Å²) < 4.78 is 1.99. The van der Waals surface area contributed by atoms with Crippen molar-refractivity contribution in [1.82, 2.24) is 14.8 Å². The van der Waals surface area contributed by atoms with Crippen molar-refractivity contribution in [3.05, 3.63) is 11.6 Å². The predicted molar refractivity (Wildman–Crippen MR) is 45.1 cm³/mol. The van der Waals surface area contributed by atoms with Gasteiger partial charge in [0.05, 0.1) is 12.7 Å². The van der Waals surface area contributed by atoms with Gasteiger partial charge in [0.15, 0.2) is 0 Å². The van der Waals surface area contributed by atoms with E-state index in [1.807, 2.05) is 4.57 Å². The van der Waals surface area contributed by atoms with Gasteiger partial charge in [-0.25, -0.2) is 0 Å². The second-order valence-electron chi connectivity index (χ2n) is 3.30. The maximum Gasteiger partial charge on any atom is 0.135 e. The molecule has 1 atom stereocenters. The number of rotatable bonds is 2. The molecule has 1 aliphatic heterocycles. The molecule has 2 N–H and O–H groups in total. The van der Waals surface area contributed by atoms with Crippen LogP contribution in [0, 0.1) is 0 Å². The van der Waals surface area contributed by atoms with Gasteiger partial charge >= 0.3 is 0 Å². The lowest BCUT2D eigenvalue weighted by molar-refractivity contribution is 0.140. The summed E-state index contributed by atoms with van der Waals surface area (Å²) in [7, 11) is 0. The monoisotopic (exact) mass is 183 g/mol. The molecule has 0 bridgehead atoms. The summed E-state index contributed by atoms with van der Waals surface area (Å²) in [5.74, 6) is 1.66. The fourth-order valence-corrected chi connectivity index (χ4v) is 1.66. The summed E-state index contributed by atoms with van der Waals surface area (Å²) >= 11 is 0. The van der Waals surface area contributed by atoms with E-state index in [0.29, 0.717) is 12.8 Å². The van der Waals surface area contributed by atoms with Crippen molar-refractivity contribution in [3.63, 3.8) is 0 Å². The van der Waals surface area contributed by atoms with Crippen LogP contribution >= 0.6 is 0 Å². The molecule has 1 aliphatic rings. The normalized spacial score (nSPS) is 21.5. The Hall–Kier alpha value is -0.940. The van der Waals surface area contributed by atoms with Crippen molar-refractivity contribution in [2.24, 2.45) is 0 Å². The van der Waals surface area contributed by atoms with Gasteiger partial charge < -0.3 is 14.8 Å². The molecule has 0 amide bonds. The summed E-state index contributed by atoms with van der Waals surface area (Å²) in [5.41, 5.74) is 0. The van der Waals surface area contributed by atoms with Crippen LogP contribution in [0.3, 0.4) is 0 Å². The van der Waals surface area contributed by atoms with Gasteiger partial charge in [-0.2, -0.15) is 0 Å². The maximum absolute atomic E-state index is 9.36. The molecule has 0 fully saturated rings. The molecule has 0 saturated carbocycles. The van der Waals surface area contributed by atoms with Gasteiger partial charge in [0, 0.05) is 19.4 Å². The SMILES string of the molecule is OCCc1nnc2n1CCC(O)C2. The molecule has 0 radical (unpaired) electrons. The second-order valence-corrected chi connectivity index (χ2v) is 3.30. The minimum absolute atomic E-state index is 0.0979. The van der Waals surface area contributed by atoms with Gasteiger partial charge in [-0.05, 0) is 6.42 Å². The first-order chi connectivity index (χ1) is 6.31. The average molecular weight is 183 g/mol. The lowest BCUT2D eigenvalue weighted by Gasteiger charge is -2.19. The number of nitrogens with zero attached hydrogens (tertiary/aromatic N) is 3. The molecule has 0 spiro atoms. The van der Waals surface area contributed by atoms with Crippen LogP contribution in [0.2, 0.25) is 0 Å². The molecule has 5 nitrogen and oxygen atoms in total. The van der Waals surface area contributed by atoms with Gasteiger partial charge in [0.1, 0.15) is 11.6 Å². The lowest BCUT2D eigenvalue weighted by atomic mass is 10.1. The van der Waals surface area contributed by atoms with E-state index in [0.717, 1.165) is 24.6 Å². The molecule has 2 rings (SSSR count). The highest BCUT2D eigenvalue weighted by Crippen LogP contribution is 2.14. The Morgan fingerprint density at radius 2 is 2.31 bits per heavy atom. The van der Waals surface area contributed by atoms with Crippen LogP contribution in [-0.2, 0) is 19.4 Å². The Kier molecular flexibility index (Phi) is 2.28. The standard InChI is InChI=1S/C8H13N3O2/c12-4-2-7-9-10-8-5-6(13)1-3-11(7)8/h6,12-13H,1-5H2. The van der Waals surface area contributed by atoms with Gasteiger partial charge in [-0.15, -0.1) is 10.2 Å². The summed E-state index contributed by atoms with van der Waals surface area (Å²) in [4.78, 5) is 0. The molecule has 13 heavy (non-hydrogen) atoms. The molecule has 2 heterocycles. The fraction of sp³-hybridized carbons (Fsp3) is 0.750. The number of aliphatic hydroxyl groups excluding tert-OH is 2. The molecule has 1 unspecified atom stereocenters. The van der Waals surface area contributed by atoms with Crippen molar-refractivity contribution in [1.29, 1.82) is 0 Å². The van der Waals surface area contributed by atoms with Crippen LogP contribution in [0.1, 0.15) is 18.1 Å². The molecule has 1 aromatic heterocycles. The average Bonchev–Trinajstić information content (AvgIpc) is 2.49. The summed E-state index contributed by atoms with van der Waals surface area (Å²) in [6.07, 6.45) is 1.60. The van der Waals surface area contributed by atoms with Crippen LogP contribution < -0.4 is 0 Å². The van der Waals surface area contributed by atoms with E-state index in [4.69, 9.17) is 5.11 Å². The van der Waals surface area contributed by atoms with Crippen molar-refractivity contribution in [2.45, 2.75) is 31.9 Å². The minimum atomic E-state index is -0.279. The van der Waals surface area contributed by atoms with Crippen LogP contribution in [0.25, 0.3) is 0 Å². The third-order valence-corrected chi connectivity index (χ3v) is 2.34. The van der Waals surface area contributed by atoms with E-state index in [9.17, 15) is 5.11 Å². The molecule has 0 aromatic carbocycles. The van der Waals surface area contributed by atoms with Crippen LogP contribution in [0.4, 0.5) is 0 Å². The maximum atomic E-state index is 9.36. The summed E-state index contributed by atoms with van der Waals surface area (Å²) in [5, 5.41) is 26.1. The van der Waals surface area contributed by atoms with Crippen LogP contribution in [0.15, 0.2) is 0 Å². The molecule has 1 aromatic rings. The van der Waals surface area contributed by atoms with E-state index in [1.54, 1.807) is 0 Å². The van der Waals surface area contributed by atoms with Crippen LogP contribution in [0.5, 0.6) is 0 Å². The molecule has 0 aliphatic carbocycles. The van der Waals surface area contributed by atoms with Crippen molar-refractivity contribution in [2.75, 3.05) is 6.61 Å². The quantitative estimate of drug-likeness (QED) is 0.624. The van der Waals surface area contributed by atoms with E-state index >= 15 is 0 Å². The summed E-state index contributed by atoms with van der Waals surface area (Å²) in [6.45, 7) is 0.861. The van der Waals surface area contributed by atoms with E-state index in [-0.39, 0.29) is 12.7 Å². The minimum Gasteiger partial charge on any atom is -0.396 e. The fourth-order valence-electron chi connectivity index (χ4n) is 1.66. The number of aromatic nitrogens is 3. The van der Waals surface area contributed by atoms with E-state index in [2.05, 4.69) is 10.2 Å². The first kappa shape index (κ1) is 8.65. The Balaban J connectivity index is 2.23. The molecule has 72 valence electrons. The number of aliphatic hydroxyl groups is 2. The zero-order valence-electron chi connectivity index (χ0n) is 7.35. The molecule has 0 saturated heterocycles. The zero-order valence-corrected chi connectivity index (χ0v) is 7.35. The van der Waals surface area contributed by atoms with E-state index < -0.39 is 0 Å². The molecular weight excluding hydrogens is 170 g/mol. The highest BCUT2D eigenvalue weighted by Gasteiger charge is 2.20. The Morgan fingerprint density at radius 3 is 3.08 bits per heavy atom. The largest absolute Gasteiger partial charge is 0.396 e. The van der Waals surface area contributed by atoms with Crippen molar-refractivity contribution >= 4 is 0 Å². The van der Waals surface area contributed by atoms with E-state index in [1.165, 1.54) is 0 Å². The lowest BCUT2D eigenvalue weighted by Crippen LogP contribution is -2.24. The number of hydrogen-bond acceptors (Lipinski definition) is 4. The third kappa shape index (κ3) is 1.57. The van der Waals surface area contributed by atoms with Crippen LogP contribution in [-0.4, -0.2) is 37.7 Å². The Morgan fingerprint density at radius 1 is 1.46 bits per heavy atom. The second kappa shape index (κ2) is 3.43. The molecular formula is C8H13N3O2. The summed E-state index contributed by atoms with van der Waals surface area (Å²) in [6, 6.07) is 0. The smallest absolute Gasteiger partial charge is 0.135 e. The highest BCUT2D eigenvalue weighted by atomic mass is 16.3. The Labute approximate surface area is 76.0 Å². The van der Waals surface area contributed by atoms with Gasteiger partial charge in [-0.1, -0.05) is 0 Å². The predicted octanol–water partition coefficient (Wildman–Crippen LogP) is -0.880.